The standard InChI is InChI=1S/C17H18Cl2N2S/c1-10(2)12-7-4-6-11(3)16(12)21-17(22)20-14-9-5-8-13(18)15(14)19/h4-10H,1-3H3,(H2,20,21,22). The van der Waals surface area contributed by atoms with Crippen molar-refractivity contribution in [2.45, 2.75) is 26.7 Å². The van der Waals surface area contributed by atoms with Crippen molar-refractivity contribution in [2.24, 2.45) is 0 Å². The third kappa shape index (κ3) is 3.92. The lowest BCUT2D eigenvalue weighted by molar-refractivity contribution is 0.868. The Bertz CT molecular complexity index is 699. The highest BCUT2D eigenvalue weighted by molar-refractivity contribution is 7.80. The molecule has 5 heteroatoms. The third-order valence-electron chi connectivity index (χ3n) is 3.37. The molecule has 0 aliphatic rings. The van der Waals surface area contributed by atoms with Crippen molar-refractivity contribution >= 4 is 51.9 Å². The second-order valence-corrected chi connectivity index (χ2v) is 6.57. The molecule has 0 saturated carbocycles. The summed E-state index contributed by atoms with van der Waals surface area (Å²) < 4.78 is 0. The van der Waals surface area contributed by atoms with Crippen LogP contribution in [0, 0.1) is 6.92 Å². The zero-order valence-corrected chi connectivity index (χ0v) is 15.0. The average molecular weight is 353 g/mol. The van der Waals surface area contributed by atoms with Crippen LogP contribution in [0.1, 0.15) is 30.9 Å². The van der Waals surface area contributed by atoms with Crippen LogP contribution in [0.25, 0.3) is 0 Å². The first-order valence-electron chi connectivity index (χ1n) is 7.01. The van der Waals surface area contributed by atoms with Gasteiger partial charge in [0.1, 0.15) is 0 Å². The van der Waals surface area contributed by atoms with E-state index in [4.69, 9.17) is 35.4 Å². The highest BCUT2D eigenvalue weighted by Crippen LogP contribution is 2.31. The van der Waals surface area contributed by atoms with Crippen molar-refractivity contribution in [2.75, 3.05) is 10.6 Å². The lowest BCUT2D eigenvalue weighted by Gasteiger charge is -2.19. The van der Waals surface area contributed by atoms with Gasteiger partial charge in [-0.1, -0.05) is 61.3 Å². The van der Waals surface area contributed by atoms with Crippen molar-refractivity contribution in [1.82, 2.24) is 0 Å². The van der Waals surface area contributed by atoms with Crippen LogP contribution in [-0.2, 0) is 0 Å². The Morgan fingerprint density at radius 2 is 1.73 bits per heavy atom. The van der Waals surface area contributed by atoms with Crippen LogP contribution < -0.4 is 10.6 Å². The zero-order chi connectivity index (χ0) is 16.3. The van der Waals surface area contributed by atoms with Crippen LogP contribution >= 0.6 is 35.4 Å². The number of hydrogen-bond acceptors (Lipinski definition) is 1. The van der Waals surface area contributed by atoms with Crippen LogP contribution in [0.15, 0.2) is 36.4 Å². The van der Waals surface area contributed by atoms with Gasteiger partial charge in [-0.05, 0) is 48.3 Å². The molecule has 0 aromatic heterocycles. The van der Waals surface area contributed by atoms with E-state index in [0.29, 0.717) is 26.8 Å². The van der Waals surface area contributed by atoms with Gasteiger partial charge in [-0.3, -0.25) is 0 Å². The van der Waals surface area contributed by atoms with Crippen LogP contribution in [0.4, 0.5) is 11.4 Å². The Balaban J connectivity index is 2.21. The molecule has 0 amide bonds. The summed E-state index contributed by atoms with van der Waals surface area (Å²) in [6.45, 7) is 6.37. The fraction of sp³-hybridized carbons (Fsp3) is 0.235. The van der Waals surface area contributed by atoms with Crippen molar-refractivity contribution in [3.8, 4) is 0 Å². The maximum absolute atomic E-state index is 6.17. The van der Waals surface area contributed by atoms with E-state index in [2.05, 4.69) is 49.6 Å². The van der Waals surface area contributed by atoms with E-state index in [0.717, 1.165) is 11.3 Å². The molecule has 2 aromatic carbocycles. The number of hydrogen-bond donors (Lipinski definition) is 2. The number of halogens is 2. The van der Waals surface area contributed by atoms with Gasteiger partial charge in [-0.15, -0.1) is 0 Å². The Morgan fingerprint density at radius 3 is 2.41 bits per heavy atom. The predicted octanol–water partition coefficient (Wildman–Crippen LogP) is 6.23. The largest absolute Gasteiger partial charge is 0.332 e. The van der Waals surface area contributed by atoms with Crippen molar-refractivity contribution < 1.29 is 0 Å². The molecule has 0 spiro atoms. The van der Waals surface area contributed by atoms with Gasteiger partial charge < -0.3 is 10.6 Å². The van der Waals surface area contributed by atoms with Gasteiger partial charge in [-0.2, -0.15) is 0 Å². The summed E-state index contributed by atoms with van der Waals surface area (Å²) in [5, 5.41) is 7.81. The molecule has 2 rings (SSSR count). The molecule has 116 valence electrons. The van der Waals surface area contributed by atoms with E-state index in [1.54, 1.807) is 6.07 Å². The molecule has 0 radical (unpaired) electrons. The van der Waals surface area contributed by atoms with Gasteiger partial charge in [0.15, 0.2) is 5.11 Å². The molecule has 0 saturated heterocycles. The minimum atomic E-state index is 0.403. The van der Waals surface area contributed by atoms with E-state index in [1.165, 1.54) is 5.56 Å². The second-order valence-electron chi connectivity index (χ2n) is 5.37. The third-order valence-corrected chi connectivity index (χ3v) is 4.39. The normalized spacial score (nSPS) is 10.6. The molecule has 0 aliphatic heterocycles. The number of para-hydroxylation sites is 1. The van der Waals surface area contributed by atoms with Gasteiger partial charge in [0.2, 0.25) is 0 Å². The number of nitrogens with one attached hydrogen (secondary N) is 2. The van der Waals surface area contributed by atoms with Crippen LogP contribution in [0.2, 0.25) is 10.0 Å². The van der Waals surface area contributed by atoms with Crippen LogP contribution in [0.3, 0.4) is 0 Å². The fourth-order valence-electron chi connectivity index (χ4n) is 2.21. The summed E-state index contributed by atoms with van der Waals surface area (Å²) in [7, 11) is 0. The SMILES string of the molecule is Cc1cccc(C(C)C)c1NC(=S)Nc1cccc(Cl)c1Cl. The van der Waals surface area contributed by atoms with Crippen LogP contribution in [0.5, 0.6) is 0 Å². The minimum absolute atomic E-state index is 0.403. The highest BCUT2D eigenvalue weighted by Gasteiger charge is 2.11. The fourth-order valence-corrected chi connectivity index (χ4v) is 2.77. The first-order chi connectivity index (χ1) is 10.4. The molecule has 0 atom stereocenters. The Kier molecular flexibility index (Phi) is 5.68. The van der Waals surface area contributed by atoms with E-state index in [9.17, 15) is 0 Å². The predicted molar refractivity (Wildman–Crippen MR) is 102 cm³/mol. The summed E-state index contributed by atoms with van der Waals surface area (Å²) in [5.41, 5.74) is 4.09. The summed E-state index contributed by atoms with van der Waals surface area (Å²) in [6, 6.07) is 11.6. The monoisotopic (exact) mass is 352 g/mol. The number of aryl methyl sites for hydroxylation is 1. The molecule has 0 fully saturated rings. The van der Waals surface area contributed by atoms with Gasteiger partial charge in [-0.25, -0.2) is 0 Å². The molecule has 0 bridgehead atoms. The molecule has 0 heterocycles. The summed E-state index contributed by atoms with van der Waals surface area (Å²) in [6.07, 6.45) is 0. The molecule has 22 heavy (non-hydrogen) atoms. The van der Waals surface area contributed by atoms with E-state index >= 15 is 0 Å². The number of anilines is 2. The Hall–Kier alpha value is -1.29. The second kappa shape index (κ2) is 7.32. The first-order valence-corrected chi connectivity index (χ1v) is 8.18. The quantitative estimate of drug-likeness (QED) is 0.639. The van der Waals surface area contributed by atoms with Gasteiger partial charge in [0, 0.05) is 5.69 Å². The zero-order valence-electron chi connectivity index (χ0n) is 12.7. The van der Waals surface area contributed by atoms with Gasteiger partial charge in [0.05, 0.1) is 15.7 Å². The number of thiocarbonyl (C=S) groups is 1. The molecular weight excluding hydrogens is 335 g/mol. The van der Waals surface area contributed by atoms with E-state index in [-0.39, 0.29) is 0 Å². The molecule has 2 N–H and O–H groups in total. The summed E-state index contributed by atoms with van der Waals surface area (Å²) in [4.78, 5) is 0. The van der Waals surface area contributed by atoms with E-state index in [1.807, 2.05) is 12.1 Å². The lowest BCUT2D eigenvalue weighted by Crippen LogP contribution is -2.21. The average Bonchev–Trinajstić information content (AvgIpc) is 2.46. The molecule has 2 nitrogen and oxygen atoms in total. The van der Waals surface area contributed by atoms with E-state index < -0.39 is 0 Å². The first kappa shape index (κ1) is 17.1. The smallest absolute Gasteiger partial charge is 0.175 e. The van der Waals surface area contributed by atoms with Crippen molar-refractivity contribution in [3.63, 3.8) is 0 Å². The molecule has 2 aromatic rings. The van der Waals surface area contributed by atoms with Crippen molar-refractivity contribution in [3.05, 3.63) is 57.6 Å². The summed E-state index contributed by atoms with van der Waals surface area (Å²) in [5.74, 6) is 0.403. The van der Waals surface area contributed by atoms with Gasteiger partial charge in [0.25, 0.3) is 0 Å². The lowest BCUT2D eigenvalue weighted by atomic mass is 9.98. The van der Waals surface area contributed by atoms with Gasteiger partial charge >= 0.3 is 0 Å². The maximum atomic E-state index is 6.17. The maximum Gasteiger partial charge on any atom is 0.175 e. The van der Waals surface area contributed by atoms with Crippen molar-refractivity contribution in [1.29, 1.82) is 0 Å². The number of benzene rings is 2. The highest BCUT2D eigenvalue weighted by atomic mass is 35.5. The summed E-state index contributed by atoms with van der Waals surface area (Å²) >= 11 is 17.6. The van der Waals surface area contributed by atoms with Crippen LogP contribution in [-0.4, -0.2) is 5.11 Å². The number of rotatable bonds is 3. The molecular formula is C17H18Cl2N2S. The topological polar surface area (TPSA) is 24.1 Å². The Morgan fingerprint density at radius 1 is 1.05 bits per heavy atom. The minimum Gasteiger partial charge on any atom is -0.332 e. The Labute approximate surface area is 146 Å². The molecule has 0 unspecified atom stereocenters. The molecule has 0 aliphatic carbocycles.